The Labute approximate surface area is 117 Å². The number of nitrogen functional groups attached to an aromatic ring is 1. The van der Waals surface area contributed by atoms with Crippen LogP contribution < -0.4 is 10.6 Å². The molecule has 0 saturated heterocycles. The maximum atomic E-state index is 13.5. The van der Waals surface area contributed by atoms with Crippen molar-refractivity contribution in [2.45, 2.75) is 26.2 Å². The number of nitrogens with zero attached hydrogens (tertiary/aromatic N) is 3. The Morgan fingerprint density at radius 3 is 2.85 bits per heavy atom. The standard InChI is InChI=1S/C15H17FN4/c1-9(2)13-14(17)18-8-19-15(13)20-6-5-10-3-4-11(16)7-12(10)20/h3-4,7-9H,5-6H2,1-2H3,(H2,17,18,19). The maximum absolute atomic E-state index is 13.5. The summed E-state index contributed by atoms with van der Waals surface area (Å²) < 4.78 is 13.5. The fourth-order valence-corrected chi connectivity index (χ4v) is 2.74. The smallest absolute Gasteiger partial charge is 0.142 e. The normalized spacial score (nSPS) is 13.9. The molecule has 1 aromatic carbocycles. The third-order valence-corrected chi connectivity index (χ3v) is 3.67. The van der Waals surface area contributed by atoms with Crippen LogP contribution in [0.3, 0.4) is 0 Å². The van der Waals surface area contributed by atoms with E-state index >= 15 is 0 Å². The van der Waals surface area contributed by atoms with Crippen LogP contribution in [0.4, 0.5) is 21.7 Å². The van der Waals surface area contributed by atoms with Gasteiger partial charge in [-0.05, 0) is 30.0 Å². The van der Waals surface area contributed by atoms with E-state index in [1.54, 1.807) is 6.07 Å². The Hall–Kier alpha value is -2.17. The van der Waals surface area contributed by atoms with Crippen LogP contribution in [-0.2, 0) is 6.42 Å². The number of fused-ring (bicyclic) bond motifs is 1. The van der Waals surface area contributed by atoms with Gasteiger partial charge in [0.2, 0.25) is 0 Å². The minimum atomic E-state index is -0.233. The number of nitrogens with two attached hydrogens (primary N) is 1. The molecule has 5 heteroatoms. The summed E-state index contributed by atoms with van der Waals surface area (Å²) in [5.41, 5.74) is 8.93. The number of rotatable bonds is 2. The molecule has 2 heterocycles. The molecule has 20 heavy (non-hydrogen) atoms. The van der Waals surface area contributed by atoms with Gasteiger partial charge < -0.3 is 10.6 Å². The molecule has 4 nitrogen and oxygen atoms in total. The first-order valence-corrected chi connectivity index (χ1v) is 6.74. The van der Waals surface area contributed by atoms with Crippen molar-refractivity contribution in [3.8, 4) is 0 Å². The number of hydrogen-bond acceptors (Lipinski definition) is 4. The highest BCUT2D eigenvalue weighted by atomic mass is 19.1. The molecule has 1 aliphatic heterocycles. The lowest BCUT2D eigenvalue weighted by atomic mass is 10.0. The van der Waals surface area contributed by atoms with Crippen LogP contribution in [0.1, 0.15) is 30.9 Å². The number of halogens is 1. The van der Waals surface area contributed by atoms with Gasteiger partial charge in [-0.1, -0.05) is 19.9 Å². The van der Waals surface area contributed by atoms with E-state index in [1.807, 2.05) is 11.0 Å². The van der Waals surface area contributed by atoms with Crippen LogP contribution in [-0.4, -0.2) is 16.5 Å². The zero-order valence-electron chi connectivity index (χ0n) is 11.6. The largest absolute Gasteiger partial charge is 0.383 e. The van der Waals surface area contributed by atoms with Crippen LogP contribution in [0.15, 0.2) is 24.5 Å². The summed E-state index contributed by atoms with van der Waals surface area (Å²) in [7, 11) is 0. The van der Waals surface area contributed by atoms with Crippen LogP contribution in [0, 0.1) is 5.82 Å². The summed E-state index contributed by atoms with van der Waals surface area (Å²) in [6.07, 6.45) is 2.35. The molecule has 0 bridgehead atoms. The lowest BCUT2D eigenvalue weighted by Crippen LogP contribution is -2.19. The lowest BCUT2D eigenvalue weighted by molar-refractivity contribution is 0.628. The number of aromatic nitrogens is 2. The summed E-state index contributed by atoms with van der Waals surface area (Å²) in [6, 6.07) is 4.90. The first kappa shape index (κ1) is 12.8. The fraction of sp³-hybridized carbons (Fsp3) is 0.333. The highest BCUT2D eigenvalue weighted by molar-refractivity contribution is 5.72. The van der Waals surface area contributed by atoms with Gasteiger partial charge in [-0.15, -0.1) is 0 Å². The van der Waals surface area contributed by atoms with E-state index < -0.39 is 0 Å². The van der Waals surface area contributed by atoms with Gasteiger partial charge in [0, 0.05) is 17.8 Å². The third kappa shape index (κ3) is 1.99. The number of benzene rings is 1. The molecule has 1 aliphatic rings. The molecule has 104 valence electrons. The molecular weight excluding hydrogens is 255 g/mol. The van der Waals surface area contributed by atoms with Gasteiger partial charge in [0.1, 0.15) is 23.8 Å². The molecule has 0 fully saturated rings. The van der Waals surface area contributed by atoms with E-state index in [0.717, 1.165) is 35.6 Å². The van der Waals surface area contributed by atoms with Crippen LogP contribution in [0.2, 0.25) is 0 Å². The highest BCUT2D eigenvalue weighted by Gasteiger charge is 2.26. The summed E-state index contributed by atoms with van der Waals surface area (Å²) >= 11 is 0. The monoisotopic (exact) mass is 272 g/mol. The highest BCUT2D eigenvalue weighted by Crippen LogP contribution is 2.38. The third-order valence-electron chi connectivity index (χ3n) is 3.67. The summed E-state index contributed by atoms with van der Waals surface area (Å²) in [4.78, 5) is 10.5. The van der Waals surface area contributed by atoms with E-state index in [0.29, 0.717) is 5.82 Å². The second kappa shape index (κ2) is 4.74. The van der Waals surface area contributed by atoms with Crippen molar-refractivity contribution in [2.24, 2.45) is 0 Å². The molecule has 0 atom stereocenters. The van der Waals surface area contributed by atoms with Gasteiger partial charge in [-0.25, -0.2) is 14.4 Å². The van der Waals surface area contributed by atoms with Crippen molar-refractivity contribution >= 4 is 17.3 Å². The van der Waals surface area contributed by atoms with E-state index in [1.165, 1.54) is 12.4 Å². The van der Waals surface area contributed by atoms with E-state index in [4.69, 9.17) is 5.73 Å². The Kier molecular flexibility index (Phi) is 3.04. The van der Waals surface area contributed by atoms with Crippen LogP contribution >= 0.6 is 0 Å². The predicted molar refractivity (Wildman–Crippen MR) is 77.6 cm³/mol. The summed E-state index contributed by atoms with van der Waals surface area (Å²) in [5.74, 6) is 1.26. The van der Waals surface area contributed by atoms with Crippen LogP contribution in [0.5, 0.6) is 0 Å². The van der Waals surface area contributed by atoms with Crippen molar-refractivity contribution < 1.29 is 4.39 Å². The molecular formula is C15H17FN4. The Balaban J connectivity index is 2.13. The lowest BCUT2D eigenvalue weighted by Gasteiger charge is -2.23. The van der Waals surface area contributed by atoms with Crippen molar-refractivity contribution in [1.82, 2.24) is 9.97 Å². The predicted octanol–water partition coefficient (Wildman–Crippen LogP) is 3.02. The van der Waals surface area contributed by atoms with Gasteiger partial charge in [0.15, 0.2) is 0 Å². The SMILES string of the molecule is CC(C)c1c(N)ncnc1N1CCc2ccc(F)cc21. The zero-order chi connectivity index (χ0) is 14.3. The topological polar surface area (TPSA) is 55.0 Å². The second-order valence-corrected chi connectivity index (χ2v) is 5.33. The van der Waals surface area contributed by atoms with Gasteiger partial charge in [0.25, 0.3) is 0 Å². The Morgan fingerprint density at radius 1 is 1.30 bits per heavy atom. The molecule has 0 amide bonds. The molecule has 0 saturated carbocycles. The molecule has 0 radical (unpaired) electrons. The molecule has 0 spiro atoms. The van der Waals surface area contributed by atoms with Gasteiger partial charge >= 0.3 is 0 Å². The Bertz CT molecular complexity index is 654. The summed E-state index contributed by atoms with van der Waals surface area (Å²) in [5, 5.41) is 0. The Morgan fingerprint density at radius 2 is 2.10 bits per heavy atom. The van der Waals surface area contributed by atoms with E-state index in [9.17, 15) is 4.39 Å². The molecule has 0 aliphatic carbocycles. The quantitative estimate of drug-likeness (QED) is 0.913. The van der Waals surface area contributed by atoms with Crippen LogP contribution in [0.25, 0.3) is 0 Å². The maximum Gasteiger partial charge on any atom is 0.142 e. The van der Waals surface area contributed by atoms with E-state index in [-0.39, 0.29) is 11.7 Å². The first-order valence-electron chi connectivity index (χ1n) is 6.74. The van der Waals surface area contributed by atoms with Gasteiger partial charge in [-0.2, -0.15) is 0 Å². The minimum absolute atomic E-state index is 0.212. The van der Waals surface area contributed by atoms with E-state index in [2.05, 4.69) is 23.8 Å². The summed E-state index contributed by atoms with van der Waals surface area (Å²) in [6.45, 7) is 4.90. The first-order chi connectivity index (χ1) is 9.58. The van der Waals surface area contributed by atoms with Crippen molar-refractivity contribution in [3.05, 3.63) is 41.5 Å². The molecule has 3 rings (SSSR count). The van der Waals surface area contributed by atoms with Crippen molar-refractivity contribution in [1.29, 1.82) is 0 Å². The van der Waals surface area contributed by atoms with Gasteiger partial charge in [-0.3, -0.25) is 0 Å². The van der Waals surface area contributed by atoms with Gasteiger partial charge in [0.05, 0.1) is 0 Å². The molecule has 0 unspecified atom stereocenters. The fourth-order valence-electron chi connectivity index (χ4n) is 2.74. The zero-order valence-corrected chi connectivity index (χ0v) is 11.6. The van der Waals surface area contributed by atoms with Crippen molar-refractivity contribution in [3.63, 3.8) is 0 Å². The average Bonchev–Trinajstić information content (AvgIpc) is 2.80. The second-order valence-electron chi connectivity index (χ2n) is 5.33. The average molecular weight is 272 g/mol. The molecule has 2 aromatic rings. The minimum Gasteiger partial charge on any atom is -0.383 e. The molecule has 1 aromatic heterocycles. The number of anilines is 3. The van der Waals surface area contributed by atoms with Crippen molar-refractivity contribution in [2.75, 3.05) is 17.2 Å². The molecule has 2 N–H and O–H groups in total. The number of hydrogen-bond donors (Lipinski definition) is 1.